The first kappa shape index (κ1) is 56.4. The number of hydrogen-bond acceptors (Lipinski definition) is 18. The number of benzene rings is 4. The highest BCUT2D eigenvalue weighted by Gasteiger charge is 2.30. The monoisotopic (exact) mass is 1060 g/mol. The molecule has 17 nitrogen and oxygen atoms in total. The zero-order valence-electron chi connectivity index (χ0n) is 42.8. The standard InChI is InChI=1S/C58H67N3O14S/c1-3-54(63)70-33-7-31-68-46-19-23-48(24-20-46)74-56(65)43-15-11-41(12-16-43)39-72-50-27-28-52(45(37-50)38-59-61(29-35-67-36-30-62)58-60-51-9-5-6-10-53(51)76-58)73-40-42-13-17-44(18-14-42)57(66)75-49-25-21-47(22-26-49)69-32-8-34-71-55(64)4-2/h3-6,9-10,19-28,37-38,41-44,62H,1-2,7-8,11-18,29-36,39-40H2/b59-38+. The Labute approximate surface area is 447 Å². The highest BCUT2D eigenvalue weighted by molar-refractivity contribution is 7.22. The topological polar surface area (TPSA) is 200 Å². The number of carbonyl (C=O) groups excluding carboxylic acids is 4. The number of para-hydroxylation sites is 1. The van der Waals surface area contributed by atoms with Crippen LogP contribution in [0.4, 0.5) is 5.13 Å². The fourth-order valence-electron chi connectivity index (χ4n) is 8.59. The van der Waals surface area contributed by atoms with Crippen LogP contribution in [-0.4, -0.2) is 106 Å². The molecule has 0 spiro atoms. The Morgan fingerprint density at radius 1 is 0.618 bits per heavy atom. The summed E-state index contributed by atoms with van der Waals surface area (Å²) in [5, 5.41) is 16.7. The van der Waals surface area contributed by atoms with Crippen LogP contribution in [0, 0.1) is 23.7 Å². The maximum absolute atomic E-state index is 13.2. The Balaban J connectivity index is 0.917. The van der Waals surface area contributed by atoms with Gasteiger partial charge in [0.15, 0.2) is 0 Å². The Morgan fingerprint density at radius 2 is 1.14 bits per heavy atom. The summed E-state index contributed by atoms with van der Waals surface area (Å²) in [5.41, 5.74) is 1.57. The van der Waals surface area contributed by atoms with Crippen molar-refractivity contribution >= 4 is 56.8 Å². The number of anilines is 1. The third-order valence-electron chi connectivity index (χ3n) is 12.8. The molecule has 0 unspecified atom stereocenters. The number of hydrazone groups is 1. The molecule has 4 aromatic carbocycles. The Bertz CT molecular complexity index is 2640. The molecule has 404 valence electrons. The Morgan fingerprint density at radius 3 is 1.68 bits per heavy atom. The second-order valence-electron chi connectivity index (χ2n) is 18.4. The van der Waals surface area contributed by atoms with Crippen molar-refractivity contribution < 1.29 is 66.9 Å². The molecule has 0 atom stereocenters. The van der Waals surface area contributed by atoms with Gasteiger partial charge >= 0.3 is 23.9 Å². The van der Waals surface area contributed by atoms with Crippen LogP contribution in [0.3, 0.4) is 0 Å². The van der Waals surface area contributed by atoms with E-state index in [0.717, 1.165) is 48.1 Å². The third-order valence-corrected chi connectivity index (χ3v) is 13.9. The third kappa shape index (κ3) is 18.2. The molecule has 7 rings (SSSR count). The summed E-state index contributed by atoms with van der Waals surface area (Å²) in [5.74, 6) is 1.99. The van der Waals surface area contributed by atoms with Gasteiger partial charge in [-0.2, -0.15) is 5.10 Å². The van der Waals surface area contributed by atoms with Crippen molar-refractivity contribution in [2.45, 2.75) is 64.2 Å². The molecule has 1 aromatic heterocycles. The van der Waals surface area contributed by atoms with E-state index >= 15 is 0 Å². The number of ether oxygens (including phenoxy) is 9. The van der Waals surface area contributed by atoms with Crippen LogP contribution in [-0.2, 0) is 33.4 Å². The van der Waals surface area contributed by atoms with Crippen molar-refractivity contribution in [2.75, 3.05) is 71.0 Å². The van der Waals surface area contributed by atoms with E-state index in [-0.39, 0.29) is 62.0 Å². The summed E-state index contributed by atoms with van der Waals surface area (Å²) in [6.45, 7) is 9.70. The summed E-state index contributed by atoms with van der Waals surface area (Å²) in [6.07, 6.45) is 11.0. The first-order chi connectivity index (χ1) is 37.2. The van der Waals surface area contributed by atoms with Crippen molar-refractivity contribution in [1.82, 2.24) is 4.98 Å². The number of rotatable bonds is 30. The van der Waals surface area contributed by atoms with Crippen LogP contribution >= 0.6 is 11.3 Å². The molecular weight excluding hydrogens is 995 g/mol. The molecule has 0 radical (unpaired) electrons. The number of nitrogens with zero attached hydrogens (tertiary/aromatic N) is 3. The largest absolute Gasteiger partial charge is 0.493 e. The van der Waals surface area contributed by atoms with E-state index in [9.17, 15) is 24.3 Å². The van der Waals surface area contributed by atoms with E-state index in [1.165, 1.54) is 11.3 Å². The van der Waals surface area contributed by atoms with Gasteiger partial charge in [0, 0.05) is 30.6 Å². The van der Waals surface area contributed by atoms with Gasteiger partial charge in [-0.25, -0.2) is 19.6 Å². The van der Waals surface area contributed by atoms with Gasteiger partial charge in [-0.05, 0) is 142 Å². The van der Waals surface area contributed by atoms with Crippen molar-refractivity contribution in [3.05, 3.63) is 122 Å². The minimum Gasteiger partial charge on any atom is -0.493 e. The summed E-state index contributed by atoms with van der Waals surface area (Å²) in [7, 11) is 0. The zero-order valence-corrected chi connectivity index (χ0v) is 43.6. The van der Waals surface area contributed by atoms with Gasteiger partial charge in [0.2, 0.25) is 5.13 Å². The summed E-state index contributed by atoms with van der Waals surface area (Å²) < 4.78 is 52.5. The zero-order chi connectivity index (χ0) is 53.3. The molecule has 2 fully saturated rings. The van der Waals surface area contributed by atoms with Gasteiger partial charge in [-0.15, -0.1) is 0 Å². The van der Waals surface area contributed by atoms with E-state index in [1.54, 1.807) is 59.8 Å². The van der Waals surface area contributed by atoms with Gasteiger partial charge in [0.25, 0.3) is 0 Å². The van der Waals surface area contributed by atoms with E-state index in [1.807, 2.05) is 42.5 Å². The fourth-order valence-corrected chi connectivity index (χ4v) is 9.54. The van der Waals surface area contributed by atoms with Gasteiger partial charge in [-0.3, -0.25) is 9.59 Å². The number of esters is 4. The quantitative estimate of drug-likeness (QED) is 0.0114. The lowest BCUT2D eigenvalue weighted by Crippen LogP contribution is -2.28. The number of aliphatic hydroxyl groups excluding tert-OH is 1. The predicted molar refractivity (Wildman–Crippen MR) is 287 cm³/mol. The molecular formula is C58H67N3O14S. The van der Waals surface area contributed by atoms with E-state index in [0.29, 0.717) is 123 Å². The van der Waals surface area contributed by atoms with Crippen LogP contribution in [0.5, 0.6) is 34.5 Å². The minimum atomic E-state index is -0.470. The highest BCUT2D eigenvalue weighted by Crippen LogP contribution is 2.35. The number of aliphatic hydroxyl groups is 1. The number of thiazole rings is 1. The highest BCUT2D eigenvalue weighted by atomic mass is 32.1. The Kier molecular flexibility index (Phi) is 22.5. The molecule has 18 heteroatoms. The number of fused-ring (bicyclic) bond motifs is 1. The maximum atomic E-state index is 13.2. The molecule has 76 heavy (non-hydrogen) atoms. The second-order valence-corrected chi connectivity index (χ2v) is 19.4. The van der Waals surface area contributed by atoms with Crippen molar-refractivity contribution in [3.8, 4) is 34.5 Å². The van der Waals surface area contributed by atoms with Crippen LogP contribution < -0.4 is 33.4 Å². The number of hydrogen-bond donors (Lipinski definition) is 1. The SMILES string of the molecule is C=CC(=O)OCCCOc1ccc(OC(=O)C2CCC(COc3ccc(OCC4CCC(C(=O)Oc5ccc(OCCCOC(=O)C=C)cc5)CC4)c(/C=N/N(CCOCCO)c4nc5ccccc5s4)c3)CC2)cc1. The van der Waals surface area contributed by atoms with Crippen LogP contribution in [0.15, 0.2) is 121 Å². The molecule has 1 heterocycles. The average Bonchev–Trinajstić information content (AvgIpc) is 3.89. The summed E-state index contributed by atoms with van der Waals surface area (Å²) in [6, 6.07) is 27.4. The molecule has 2 aliphatic carbocycles. The van der Waals surface area contributed by atoms with E-state index in [2.05, 4.69) is 13.2 Å². The fraction of sp³-hybridized carbons (Fsp3) is 0.414. The lowest BCUT2D eigenvalue weighted by Gasteiger charge is -2.28. The molecule has 1 N–H and O–H groups in total. The first-order valence-corrected chi connectivity index (χ1v) is 26.7. The molecule has 0 amide bonds. The van der Waals surface area contributed by atoms with Gasteiger partial charge in [0.1, 0.15) is 34.5 Å². The van der Waals surface area contributed by atoms with Crippen molar-refractivity contribution in [2.24, 2.45) is 28.8 Å². The first-order valence-electron chi connectivity index (χ1n) is 25.9. The van der Waals surface area contributed by atoms with Crippen LogP contribution in [0.1, 0.15) is 69.8 Å². The molecule has 5 aromatic rings. The predicted octanol–water partition coefficient (Wildman–Crippen LogP) is 9.72. The van der Waals surface area contributed by atoms with Crippen molar-refractivity contribution in [3.63, 3.8) is 0 Å². The van der Waals surface area contributed by atoms with Crippen molar-refractivity contribution in [1.29, 1.82) is 0 Å². The lowest BCUT2D eigenvalue weighted by atomic mass is 9.82. The van der Waals surface area contributed by atoms with Gasteiger partial charge < -0.3 is 47.7 Å². The molecule has 2 aliphatic rings. The molecule has 2 saturated carbocycles. The van der Waals surface area contributed by atoms with Gasteiger partial charge in [-0.1, -0.05) is 36.6 Å². The lowest BCUT2D eigenvalue weighted by molar-refractivity contribution is -0.141. The number of aromatic nitrogens is 1. The van der Waals surface area contributed by atoms with Gasteiger partial charge in [0.05, 0.1) is 94.3 Å². The summed E-state index contributed by atoms with van der Waals surface area (Å²) in [4.78, 5) is 53.6. The smallest absolute Gasteiger partial charge is 0.330 e. The minimum absolute atomic E-state index is 0.0847. The second kappa shape index (κ2) is 30.3. The van der Waals surface area contributed by atoms with E-state index < -0.39 is 11.9 Å². The Hall–Kier alpha value is -7.28. The number of carbonyl (C=O) groups is 4. The van der Waals surface area contributed by atoms with Crippen LogP contribution in [0.25, 0.3) is 10.2 Å². The average molecular weight is 1060 g/mol. The van der Waals surface area contributed by atoms with Crippen LogP contribution in [0.2, 0.25) is 0 Å². The molecule has 0 aliphatic heterocycles. The maximum Gasteiger partial charge on any atom is 0.330 e. The molecule has 0 saturated heterocycles. The van der Waals surface area contributed by atoms with E-state index in [4.69, 9.17) is 52.7 Å². The summed E-state index contributed by atoms with van der Waals surface area (Å²) >= 11 is 1.52. The molecule has 0 bridgehead atoms. The normalized spacial score (nSPS) is 17.3.